The molecule has 1 saturated heterocycles. The first kappa shape index (κ1) is 25.0. The van der Waals surface area contributed by atoms with Crippen molar-refractivity contribution in [1.29, 1.82) is 0 Å². The van der Waals surface area contributed by atoms with Crippen LogP contribution in [0.5, 0.6) is 0 Å². The molecule has 0 spiro atoms. The van der Waals surface area contributed by atoms with Crippen molar-refractivity contribution in [1.82, 2.24) is 24.9 Å². The van der Waals surface area contributed by atoms with Crippen molar-refractivity contribution in [2.24, 2.45) is 0 Å². The van der Waals surface area contributed by atoms with E-state index >= 15 is 4.39 Å². The molecule has 4 heterocycles. The SMILES string of the molecule is CC(C)N1CCN(c2cncc(-c3cn(-c4c(F)ccc(CS(=O)(=O)c5ccoc5)c4F)nn3)c2)CC1. The van der Waals surface area contributed by atoms with Crippen molar-refractivity contribution < 1.29 is 21.6 Å². The summed E-state index contributed by atoms with van der Waals surface area (Å²) in [5.41, 5.74) is 1.26. The second-order valence-electron chi connectivity index (χ2n) is 9.18. The predicted octanol–water partition coefficient (Wildman–Crippen LogP) is 3.70. The molecule has 12 heteroatoms. The number of nitrogens with zero attached hydrogens (tertiary/aromatic N) is 6. The number of hydrogen-bond acceptors (Lipinski definition) is 8. The number of hydrogen-bond donors (Lipinski definition) is 0. The third-order valence-corrected chi connectivity index (χ3v) is 8.14. The highest BCUT2D eigenvalue weighted by molar-refractivity contribution is 7.90. The van der Waals surface area contributed by atoms with Crippen LogP contribution in [0.2, 0.25) is 0 Å². The van der Waals surface area contributed by atoms with Gasteiger partial charge in [0, 0.05) is 49.5 Å². The molecule has 194 valence electrons. The molecule has 0 unspecified atom stereocenters. The first-order valence-electron chi connectivity index (χ1n) is 11.8. The van der Waals surface area contributed by atoms with E-state index in [0.29, 0.717) is 17.3 Å². The summed E-state index contributed by atoms with van der Waals surface area (Å²) in [5.74, 6) is -2.59. The summed E-state index contributed by atoms with van der Waals surface area (Å²) in [6.07, 6.45) is 7.07. The molecular weight excluding hydrogens is 502 g/mol. The van der Waals surface area contributed by atoms with Gasteiger partial charge in [-0.15, -0.1) is 5.10 Å². The van der Waals surface area contributed by atoms with E-state index in [1.165, 1.54) is 18.5 Å². The van der Waals surface area contributed by atoms with E-state index in [0.717, 1.165) is 54.9 Å². The number of anilines is 1. The number of aromatic nitrogens is 4. The normalized spacial score (nSPS) is 15.0. The fourth-order valence-corrected chi connectivity index (χ4v) is 5.63. The Bertz CT molecular complexity index is 1500. The van der Waals surface area contributed by atoms with E-state index in [-0.39, 0.29) is 10.5 Å². The molecular formula is C25H26F2N6O3S. The van der Waals surface area contributed by atoms with Gasteiger partial charge in [-0.2, -0.15) is 0 Å². The summed E-state index contributed by atoms with van der Waals surface area (Å²) >= 11 is 0. The Morgan fingerprint density at radius 2 is 1.86 bits per heavy atom. The van der Waals surface area contributed by atoms with Crippen LogP contribution in [0, 0.1) is 11.6 Å². The number of furan rings is 1. The Kier molecular flexibility index (Phi) is 6.78. The van der Waals surface area contributed by atoms with Gasteiger partial charge in [0.1, 0.15) is 22.5 Å². The van der Waals surface area contributed by atoms with Crippen molar-refractivity contribution in [3.63, 3.8) is 0 Å². The number of pyridine rings is 1. The molecule has 0 bridgehead atoms. The molecule has 1 aliphatic heterocycles. The smallest absolute Gasteiger partial charge is 0.185 e. The van der Waals surface area contributed by atoms with Crippen LogP contribution in [-0.4, -0.2) is 65.5 Å². The summed E-state index contributed by atoms with van der Waals surface area (Å²) < 4.78 is 61.0. The van der Waals surface area contributed by atoms with Crippen LogP contribution in [0.25, 0.3) is 16.9 Å². The van der Waals surface area contributed by atoms with Crippen molar-refractivity contribution in [3.05, 3.63) is 72.6 Å². The maximum Gasteiger partial charge on any atom is 0.185 e. The second-order valence-corrected chi connectivity index (χ2v) is 11.2. The predicted molar refractivity (Wildman–Crippen MR) is 133 cm³/mol. The number of rotatable bonds is 7. The van der Waals surface area contributed by atoms with Crippen LogP contribution < -0.4 is 4.90 Å². The summed E-state index contributed by atoms with van der Waals surface area (Å²) in [6, 6.07) is 5.81. The molecule has 0 atom stereocenters. The number of sulfone groups is 1. The fourth-order valence-electron chi connectivity index (χ4n) is 4.36. The molecule has 1 fully saturated rings. The monoisotopic (exact) mass is 528 g/mol. The van der Waals surface area contributed by atoms with Crippen LogP contribution >= 0.6 is 0 Å². The van der Waals surface area contributed by atoms with Gasteiger partial charge in [0.15, 0.2) is 21.5 Å². The highest BCUT2D eigenvalue weighted by Gasteiger charge is 2.24. The Balaban J connectivity index is 1.40. The van der Waals surface area contributed by atoms with Gasteiger partial charge in [-0.3, -0.25) is 9.88 Å². The molecule has 37 heavy (non-hydrogen) atoms. The standard InChI is InChI=1S/C25H26F2N6O3S/c1-17(2)31-6-8-32(9-7-31)20-11-19(12-28-13-20)23-14-33(30-29-23)25-22(26)4-3-18(24(25)27)16-37(34,35)21-5-10-36-15-21/h3-5,10-15,17H,6-9,16H2,1-2H3. The van der Waals surface area contributed by atoms with Crippen molar-refractivity contribution >= 4 is 15.5 Å². The molecule has 1 aromatic carbocycles. The summed E-state index contributed by atoms with van der Waals surface area (Å²) in [4.78, 5) is 8.90. The lowest BCUT2D eigenvalue weighted by atomic mass is 10.1. The maximum atomic E-state index is 15.4. The third kappa shape index (κ3) is 5.12. The Labute approximate surface area is 213 Å². The molecule has 4 aromatic rings. The average molecular weight is 529 g/mol. The summed E-state index contributed by atoms with van der Waals surface area (Å²) in [7, 11) is -3.88. The highest BCUT2D eigenvalue weighted by atomic mass is 32.2. The molecule has 5 rings (SSSR count). The molecule has 3 aromatic heterocycles. The van der Waals surface area contributed by atoms with Crippen molar-refractivity contribution in [3.8, 4) is 16.9 Å². The van der Waals surface area contributed by atoms with Crippen LogP contribution in [0.1, 0.15) is 19.4 Å². The van der Waals surface area contributed by atoms with Gasteiger partial charge in [-0.05, 0) is 32.0 Å². The van der Waals surface area contributed by atoms with E-state index in [9.17, 15) is 12.8 Å². The Morgan fingerprint density at radius 3 is 2.57 bits per heavy atom. The van der Waals surface area contributed by atoms with E-state index < -0.39 is 32.9 Å². The zero-order chi connectivity index (χ0) is 26.2. The second kappa shape index (κ2) is 10.0. The van der Waals surface area contributed by atoms with Gasteiger partial charge in [0.25, 0.3) is 0 Å². The molecule has 0 aliphatic carbocycles. The van der Waals surface area contributed by atoms with E-state index in [1.807, 2.05) is 6.07 Å². The lowest BCUT2D eigenvalue weighted by molar-refractivity contribution is 0.209. The lowest BCUT2D eigenvalue weighted by Crippen LogP contribution is -2.48. The van der Waals surface area contributed by atoms with Gasteiger partial charge in [-0.25, -0.2) is 21.9 Å². The van der Waals surface area contributed by atoms with Gasteiger partial charge >= 0.3 is 0 Å². The maximum absolute atomic E-state index is 15.4. The number of halogens is 2. The fraction of sp³-hybridized carbons (Fsp3) is 0.320. The van der Waals surface area contributed by atoms with Gasteiger partial charge in [0.2, 0.25) is 0 Å². The lowest BCUT2D eigenvalue weighted by Gasteiger charge is -2.38. The zero-order valence-corrected chi connectivity index (χ0v) is 21.2. The first-order chi connectivity index (χ1) is 17.7. The van der Waals surface area contributed by atoms with Crippen LogP contribution in [0.15, 0.2) is 64.7 Å². The van der Waals surface area contributed by atoms with Crippen LogP contribution in [-0.2, 0) is 15.6 Å². The Hall–Kier alpha value is -3.64. The Morgan fingerprint density at radius 1 is 1.08 bits per heavy atom. The molecule has 0 radical (unpaired) electrons. The molecule has 0 N–H and O–H groups in total. The minimum atomic E-state index is -3.88. The third-order valence-electron chi connectivity index (χ3n) is 6.50. The number of piperazine rings is 1. The largest absolute Gasteiger partial charge is 0.471 e. The zero-order valence-electron chi connectivity index (χ0n) is 20.4. The quantitative estimate of drug-likeness (QED) is 0.358. The summed E-state index contributed by atoms with van der Waals surface area (Å²) in [5, 5.41) is 8.01. The van der Waals surface area contributed by atoms with E-state index in [1.54, 1.807) is 12.4 Å². The topological polar surface area (TPSA) is 97.4 Å². The average Bonchev–Trinajstić information content (AvgIpc) is 3.60. The molecule has 0 amide bonds. The molecule has 0 saturated carbocycles. The van der Waals surface area contributed by atoms with Crippen LogP contribution in [0.4, 0.5) is 14.5 Å². The number of benzene rings is 1. The minimum Gasteiger partial charge on any atom is -0.471 e. The highest BCUT2D eigenvalue weighted by Crippen LogP contribution is 2.27. The summed E-state index contributed by atoms with van der Waals surface area (Å²) in [6.45, 7) is 7.98. The van der Waals surface area contributed by atoms with Crippen molar-refractivity contribution in [2.75, 3.05) is 31.1 Å². The van der Waals surface area contributed by atoms with E-state index in [2.05, 4.69) is 38.9 Å². The van der Waals surface area contributed by atoms with Gasteiger partial charge in [0.05, 0.1) is 30.1 Å². The minimum absolute atomic E-state index is 0.0844. The van der Waals surface area contributed by atoms with Crippen molar-refractivity contribution in [2.45, 2.75) is 30.5 Å². The molecule has 1 aliphatic rings. The molecule has 9 nitrogen and oxygen atoms in total. The van der Waals surface area contributed by atoms with E-state index in [4.69, 9.17) is 4.42 Å². The van der Waals surface area contributed by atoms with Gasteiger partial charge in [-0.1, -0.05) is 11.3 Å². The van der Waals surface area contributed by atoms with Crippen LogP contribution in [0.3, 0.4) is 0 Å². The first-order valence-corrected chi connectivity index (χ1v) is 13.5. The van der Waals surface area contributed by atoms with Gasteiger partial charge < -0.3 is 9.32 Å².